The second-order valence-electron chi connectivity index (χ2n) is 5.21. The Hall–Kier alpha value is -1.73. The van der Waals surface area contributed by atoms with Crippen molar-refractivity contribution in [3.8, 4) is 6.07 Å². The Morgan fingerprint density at radius 1 is 1.37 bits per heavy atom. The molecule has 1 saturated heterocycles. The van der Waals surface area contributed by atoms with E-state index in [1.807, 2.05) is 18.7 Å². The van der Waals surface area contributed by atoms with Crippen LogP contribution in [-0.4, -0.2) is 36.5 Å². The van der Waals surface area contributed by atoms with E-state index in [2.05, 4.69) is 6.07 Å². The summed E-state index contributed by atoms with van der Waals surface area (Å²) in [5.41, 5.74) is 0.600. The topological polar surface area (TPSA) is 47.3 Å². The second-order valence-corrected chi connectivity index (χ2v) is 5.65. The third kappa shape index (κ3) is 2.26. The molecule has 19 heavy (non-hydrogen) atoms. The number of likely N-dealkylation sites (N-methyl/N-ethyl adjacent to an activating group) is 1. The Morgan fingerprint density at radius 3 is 2.68 bits per heavy atom. The Kier molecular flexibility index (Phi) is 3.42. The second kappa shape index (κ2) is 4.75. The Morgan fingerprint density at radius 2 is 2.05 bits per heavy atom. The molecule has 1 aromatic carbocycles. The van der Waals surface area contributed by atoms with Crippen molar-refractivity contribution in [2.24, 2.45) is 0 Å². The minimum atomic E-state index is -0.660. The number of hydrogen-bond donors (Lipinski definition) is 0. The zero-order valence-corrected chi connectivity index (χ0v) is 12.0. The normalized spacial score (nSPS) is 18.4. The lowest BCUT2D eigenvalue weighted by atomic mass is 9.96. The number of nitrogens with zero attached hydrogens (tertiary/aromatic N) is 3. The fourth-order valence-electron chi connectivity index (χ4n) is 2.47. The van der Waals surface area contributed by atoms with E-state index in [1.54, 1.807) is 30.1 Å². The van der Waals surface area contributed by atoms with Gasteiger partial charge in [-0.05, 0) is 32.0 Å². The Balaban J connectivity index is 2.48. The van der Waals surface area contributed by atoms with Crippen molar-refractivity contribution in [3.05, 3.63) is 28.8 Å². The maximum Gasteiger partial charge on any atom is 0.247 e. The molecule has 2 rings (SSSR count). The standard InChI is InChI=1S/C14H16ClN3O/c1-14(2)13(19)17(3)6-7-18(14)12-5-4-11(15)8-10(12)9-16/h4-5,8H,6-7H2,1-3H3. The van der Waals surface area contributed by atoms with Crippen molar-refractivity contribution in [1.29, 1.82) is 5.26 Å². The predicted octanol–water partition coefficient (Wildman–Crippen LogP) is 2.27. The Labute approximate surface area is 118 Å². The quantitative estimate of drug-likeness (QED) is 0.791. The van der Waals surface area contributed by atoms with E-state index in [-0.39, 0.29) is 5.91 Å². The van der Waals surface area contributed by atoms with Gasteiger partial charge < -0.3 is 9.80 Å². The van der Waals surface area contributed by atoms with Crippen LogP contribution in [0.1, 0.15) is 19.4 Å². The highest BCUT2D eigenvalue weighted by atomic mass is 35.5. The average molecular weight is 278 g/mol. The van der Waals surface area contributed by atoms with Gasteiger partial charge in [0, 0.05) is 25.2 Å². The van der Waals surface area contributed by atoms with Gasteiger partial charge in [0.2, 0.25) is 5.91 Å². The van der Waals surface area contributed by atoms with Gasteiger partial charge in [0.15, 0.2) is 0 Å². The molecule has 0 atom stereocenters. The van der Waals surface area contributed by atoms with E-state index < -0.39 is 5.54 Å². The highest BCUT2D eigenvalue weighted by Gasteiger charge is 2.41. The summed E-state index contributed by atoms with van der Waals surface area (Å²) in [6.45, 7) is 5.10. The summed E-state index contributed by atoms with van der Waals surface area (Å²) in [7, 11) is 1.80. The van der Waals surface area contributed by atoms with Gasteiger partial charge in [-0.2, -0.15) is 5.26 Å². The number of piperazine rings is 1. The summed E-state index contributed by atoms with van der Waals surface area (Å²) < 4.78 is 0. The van der Waals surface area contributed by atoms with Crippen LogP contribution in [0.3, 0.4) is 0 Å². The van der Waals surface area contributed by atoms with Gasteiger partial charge in [-0.3, -0.25) is 4.79 Å². The summed E-state index contributed by atoms with van der Waals surface area (Å²) in [6.07, 6.45) is 0. The van der Waals surface area contributed by atoms with Crippen molar-refractivity contribution in [2.75, 3.05) is 25.0 Å². The largest absolute Gasteiger partial charge is 0.355 e. The molecule has 1 aromatic rings. The fraction of sp³-hybridized carbons (Fsp3) is 0.429. The summed E-state index contributed by atoms with van der Waals surface area (Å²) in [5.74, 6) is 0.0533. The number of amides is 1. The summed E-state index contributed by atoms with van der Waals surface area (Å²) in [4.78, 5) is 16.0. The first kappa shape index (κ1) is 13.7. The molecule has 0 bridgehead atoms. The molecule has 0 aliphatic carbocycles. The minimum Gasteiger partial charge on any atom is -0.355 e. The number of nitriles is 1. The van der Waals surface area contributed by atoms with E-state index in [1.165, 1.54) is 0 Å². The summed E-state index contributed by atoms with van der Waals surface area (Å²) >= 11 is 5.91. The predicted molar refractivity (Wildman–Crippen MR) is 75.2 cm³/mol. The molecule has 0 aromatic heterocycles. The molecule has 5 heteroatoms. The van der Waals surface area contributed by atoms with Crippen molar-refractivity contribution in [2.45, 2.75) is 19.4 Å². The maximum atomic E-state index is 12.3. The molecule has 1 heterocycles. The molecule has 1 fully saturated rings. The van der Waals surface area contributed by atoms with Crippen LogP contribution >= 0.6 is 11.6 Å². The molecule has 0 spiro atoms. The summed E-state index contributed by atoms with van der Waals surface area (Å²) in [5, 5.41) is 9.76. The van der Waals surface area contributed by atoms with E-state index in [0.29, 0.717) is 23.7 Å². The molecule has 0 N–H and O–H groups in total. The third-order valence-electron chi connectivity index (χ3n) is 3.57. The number of rotatable bonds is 1. The minimum absolute atomic E-state index is 0.0533. The molecule has 0 radical (unpaired) electrons. The van der Waals surface area contributed by atoms with Gasteiger partial charge in [-0.25, -0.2) is 0 Å². The molecular weight excluding hydrogens is 262 g/mol. The first-order valence-electron chi connectivity index (χ1n) is 6.11. The van der Waals surface area contributed by atoms with Crippen molar-refractivity contribution < 1.29 is 4.79 Å². The maximum absolute atomic E-state index is 12.3. The van der Waals surface area contributed by atoms with Gasteiger partial charge in [0.1, 0.15) is 11.6 Å². The molecule has 4 nitrogen and oxygen atoms in total. The number of anilines is 1. The number of carbonyl (C=O) groups is 1. The number of carbonyl (C=O) groups excluding carboxylic acids is 1. The van der Waals surface area contributed by atoms with Crippen LogP contribution in [0.15, 0.2) is 18.2 Å². The fourth-order valence-corrected chi connectivity index (χ4v) is 2.64. The van der Waals surface area contributed by atoms with Crippen LogP contribution in [0, 0.1) is 11.3 Å². The van der Waals surface area contributed by atoms with Crippen LogP contribution < -0.4 is 4.90 Å². The zero-order chi connectivity index (χ0) is 14.2. The molecule has 1 amide bonds. The lowest BCUT2D eigenvalue weighted by molar-refractivity contribution is -0.136. The third-order valence-corrected chi connectivity index (χ3v) is 3.81. The van der Waals surface area contributed by atoms with Gasteiger partial charge in [-0.1, -0.05) is 11.6 Å². The lowest BCUT2D eigenvalue weighted by Gasteiger charge is -2.46. The van der Waals surface area contributed by atoms with E-state index in [4.69, 9.17) is 11.6 Å². The van der Waals surface area contributed by atoms with Crippen molar-refractivity contribution in [3.63, 3.8) is 0 Å². The molecule has 0 unspecified atom stereocenters. The first-order chi connectivity index (χ1) is 8.87. The van der Waals surface area contributed by atoms with Gasteiger partial charge in [-0.15, -0.1) is 0 Å². The van der Waals surface area contributed by atoms with E-state index in [0.717, 1.165) is 5.69 Å². The number of halogens is 1. The SMILES string of the molecule is CN1CCN(c2ccc(Cl)cc2C#N)C(C)(C)C1=O. The molecular formula is C14H16ClN3O. The molecule has 1 aliphatic rings. The van der Waals surface area contributed by atoms with Crippen molar-refractivity contribution in [1.82, 2.24) is 4.90 Å². The Bertz CT molecular complexity index is 562. The number of benzene rings is 1. The highest BCUT2D eigenvalue weighted by molar-refractivity contribution is 6.30. The van der Waals surface area contributed by atoms with Gasteiger partial charge >= 0.3 is 0 Å². The number of hydrogen-bond acceptors (Lipinski definition) is 3. The van der Waals surface area contributed by atoms with Crippen LogP contribution in [0.4, 0.5) is 5.69 Å². The smallest absolute Gasteiger partial charge is 0.247 e. The van der Waals surface area contributed by atoms with Crippen LogP contribution in [0.5, 0.6) is 0 Å². The monoisotopic (exact) mass is 277 g/mol. The van der Waals surface area contributed by atoms with Crippen molar-refractivity contribution >= 4 is 23.2 Å². The highest BCUT2D eigenvalue weighted by Crippen LogP contribution is 2.32. The van der Waals surface area contributed by atoms with Gasteiger partial charge in [0.25, 0.3) is 0 Å². The van der Waals surface area contributed by atoms with E-state index >= 15 is 0 Å². The zero-order valence-electron chi connectivity index (χ0n) is 11.3. The van der Waals surface area contributed by atoms with Gasteiger partial charge in [0.05, 0.1) is 11.3 Å². The first-order valence-corrected chi connectivity index (χ1v) is 6.48. The van der Waals surface area contributed by atoms with Crippen LogP contribution in [-0.2, 0) is 4.79 Å². The van der Waals surface area contributed by atoms with E-state index in [9.17, 15) is 10.1 Å². The average Bonchev–Trinajstić information content (AvgIpc) is 2.37. The molecule has 100 valence electrons. The van der Waals surface area contributed by atoms with Crippen LogP contribution in [0.2, 0.25) is 5.02 Å². The molecule has 1 aliphatic heterocycles. The molecule has 0 saturated carbocycles. The van der Waals surface area contributed by atoms with Crippen LogP contribution in [0.25, 0.3) is 0 Å². The lowest BCUT2D eigenvalue weighted by Crippen LogP contribution is -2.62. The summed E-state index contributed by atoms with van der Waals surface area (Å²) in [6, 6.07) is 7.33.